The van der Waals surface area contributed by atoms with Crippen molar-refractivity contribution in [1.82, 2.24) is 10.6 Å². The minimum atomic E-state index is -0.841. The Bertz CT molecular complexity index is 325. The van der Waals surface area contributed by atoms with Gasteiger partial charge in [-0.05, 0) is 24.7 Å². The SMILES string of the molecule is CC(C)CC(CNC(=O)NCCC1CCCCC1)C(=O)O. The number of urea groups is 1. The predicted molar refractivity (Wildman–Crippen MR) is 83.2 cm³/mol. The summed E-state index contributed by atoms with van der Waals surface area (Å²) < 4.78 is 0. The number of hydrogen-bond donors (Lipinski definition) is 3. The lowest BCUT2D eigenvalue weighted by Crippen LogP contribution is -2.40. The largest absolute Gasteiger partial charge is 0.481 e. The number of hydrogen-bond acceptors (Lipinski definition) is 2. The molecule has 1 aliphatic carbocycles. The molecule has 0 aliphatic heterocycles. The van der Waals surface area contributed by atoms with E-state index >= 15 is 0 Å². The van der Waals surface area contributed by atoms with E-state index in [4.69, 9.17) is 5.11 Å². The van der Waals surface area contributed by atoms with Gasteiger partial charge in [0, 0.05) is 13.1 Å². The number of carbonyl (C=O) groups excluding carboxylic acids is 1. The maximum atomic E-state index is 11.7. The Hall–Kier alpha value is -1.26. The molecule has 0 aromatic rings. The zero-order chi connectivity index (χ0) is 15.7. The van der Waals surface area contributed by atoms with E-state index in [2.05, 4.69) is 10.6 Å². The molecule has 2 amide bonds. The molecule has 0 heterocycles. The van der Waals surface area contributed by atoms with Crippen LogP contribution in [0.5, 0.6) is 0 Å². The number of aliphatic carboxylic acids is 1. The van der Waals surface area contributed by atoms with Crippen molar-refractivity contribution in [3.8, 4) is 0 Å². The molecule has 1 atom stereocenters. The van der Waals surface area contributed by atoms with Gasteiger partial charge >= 0.3 is 12.0 Å². The topological polar surface area (TPSA) is 78.4 Å². The van der Waals surface area contributed by atoms with E-state index < -0.39 is 11.9 Å². The molecular weight excluding hydrogens is 268 g/mol. The minimum absolute atomic E-state index is 0.197. The molecule has 0 aromatic heterocycles. The normalized spacial score (nSPS) is 17.5. The van der Waals surface area contributed by atoms with Gasteiger partial charge in [-0.25, -0.2) is 4.79 Å². The summed E-state index contributed by atoms with van der Waals surface area (Å²) in [5.74, 6) is -0.297. The highest BCUT2D eigenvalue weighted by molar-refractivity contribution is 5.75. The van der Waals surface area contributed by atoms with Crippen LogP contribution in [-0.2, 0) is 4.79 Å². The molecule has 0 saturated heterocycles. The summed E-state index contributed by atoms with van der Waals surface area (Å²) >= 11 is 0. The Morgan fingerprint density at radius 3 is 2.38 bits per heavy atom. The second-order valence-electron chi connectivity index (χ2n) is 6.59. The van der Waals surface area contributed by atoms with Crippen LogP contribution in [-0.4, -0.2) is 30.2 Å². The summed E-state index contributed by atoms with van der Waals surface area (Å²) in [6.07, 6.45) is 8.13. The zero-order valence-electron chi connectivity index (χ0n) is 13.4. The van der Waals surface area contributed by atoms with E-state index in [1.54, 1.807) is 0 Å². The van der Waals surface area contributed by atoms with Crippen molar-refractivity contribution in [2.45, 2.75) is 58.8 Å². The second-order valence-corrected chi connectivity index (χ2v) is 6.59. The van der Waals surface area contributed by atoms with Crippen molar-refractivity contribution >= 4 is 12.0 Å². The molecule has 3 N–H and O–H groups in total. The van der Waals surface area contributed by atoms with E-state index in [9.17, 15) is 9.59 Å². The fourth-order valence-corrected chi connectivity index (χ4v) is 2.98. The van der Waals surface area contributed by atoms with E-state index in [-0.39, 0.29) is 12.6 Å². The van der Waals surface area contributed by atoms with Crippen molar-refractivity contribution in [1.29, 1.82) is 0 Å². The van der Waals surface area contributed by atoms with Gasteiger partial charge in [0.2, 0.25) is 0 Å². The molecule has 5 nitrogen and oxygen atoms in total. The molecule has 0 bridgehead atoms. The zero-order valence-corrected chi connectivity index (χ0v) is 13.4. The van der Waals surface area contributed by atoms with E-state index in [1.165, 1.54) is 32.1 Å². The summed E-state index contributed by atoms with van der Waals surface area (Å²) in [4.78, 5) is 22.8. The van der Waals surface area contributed by atoms with Crippen LogP contribution in [0.15, 0.2) is 0 Å². The van der Waals surface area contributed by atoms with Crippen LogP contribution in [0.4, 0.5) is 4.79 Å². The molecule has 0 radical (unpaired) electrons. The number of rotatable bonds is 8. The molecule has 1 unspecified atom stereocenters. The molecule has 1 rings (SSSR count). The van der Waals surface area contributed by atoms with E-state index in [1.807, 2.05) is 13.8 Å². The summed E-state index contributed by atoms with van der Waals surface area (Å²) in [6.45, 7) is 4.85. The molecule has 122 valence electrons. The molecule has 1 aliphatic rings. The second kappa shape index (κ2) is 9.64. The molecule has 5 heteroatoms. The van der Waals surface area contributed by atoms with Crippen LogP contribution in [0.25, 0.3) is 0 Å². The van der Waals surface area contributed by atoms with Crippen molar-refractivity contribution in [2.24, 2.45) is 17.8 Å². The predicted octanol–water partition coefficient (Wildman–Crippen LogP) is 3.00. The lowest BCUT2D eigenvalue weighted by molar-refractivity contribution is -0.142. The van der Waals surface area contributed by atoms with Crippen LogP contribution in [0.2, 0.25) is 0 Å². The van der Waals surface area contributed by atoms with Gasteiger partial charge in [-0.1, -0.05) is 46.0 Å². The quantitative estimate of drug-likeness (QED) is 0.644. The van der Waals surface area contributed by atoms with Gasteiger partial charge < -0.3 is 15.7 Å². The fourth-order valence-electron chi connectivity index (χ4n) is 2.98. The van der Waals surface area contributed by atoms with Crippen LogP contribution in [0.3, 0.4) is 0 Å². The fraction of sp³-hybridized carbons (Fsp3) is 0.875. The lowest BCUT2D eigenvalue weighted by atomic mass is 9.87. The Balaban J connectivity index is 2.15. The summed E-state index contributed by atoms with van der Waals surface area (Å²) in [6, 6.07) is -0.249. The van der Waals surface area contributed by atoms with Crippen molar-refractivity contribution < 1.29 is 14.7 Å². The molecule has 0 aromatic carbocycles. The first-order valence-electron chi connectivity index (χ1n) is 8.23. The van der Waals surface area contributed by atoms with Gasteiger partial charge in [0.1, 0.15) is 0 Å². The smallest absolute Gasteiger partial charge is 0.314 e. The Kier molecular flexibility index (Phi) is 8.16. The third-order valence-electron chi connectivity index (χ3n) is 4.18. The molecule has 1 fully saturated rings. The Labute approximate surface area is 127 Å². The first-order valence-corrected chi connectivity index (χ1v) is 8.23. The number of carbonyl (C=O) groups is 2. The van der Waals surface area contributed by atoms with Crippen LogP contribution < -0.4 is 10.6 Å². The van der Waals surface area contributed by atoms with Crippen molar-refractivity contribution in [3.63, 3.8) is 0 Å². The monoisotopic (exact) mass is 298 g/mol. The van der Waals surface area contributed by atoms with Gasteiger partial charge in [0.25, 0.3) is 0 Å². The highest BCUT2D eigenvalue weighted by Crippen LogP contribution is 2.25. The van der Waals surface area contributed by atoms with Crippen LogP contribution >= 0.6 is 0 Å². The molecular formula is C16H30N2O3. The first-order chi connectivity index (χ1) is 9.99. The van der Waals surface area contributed by atoms with Gasteiger partial charge in [-0.2, -0.15) is 0 Å². The average Bonchev–Trinajstić information content (AvgIpc) is 2.44. The number of amides is 2. The van der Waals surface area contributed by atoms with Gasteiger partial charge in [0.15, 0.2) is 0 Å². The summed E-state index contributed by atoms with van der Waals surface area (Å²) in [5, 5.41) is 14.6. The van der Waals surface area contributed by atoms with Gasteiger partial charge in [0.05, 0.1) is 5.92 Å². The summed E-state index contributed by atoms with van der Waals surface area (Å²) in [7, 11) is 0. The molecule has 0 spiro atoms. The third kappa shape index (κ3) is 7.93. The standard InChI is InChI=1S/C16H30N2O3/c1-12(2)10-14(15(19)20)11-18-16(21)17-9-8-13-6-4-3-5-7-13/h12-14H,3-11H2,1-2H3,(H,19,20)(H2,17,18,21). The van der Waals surface area contributed by atoms with E-state index in [0.717, 1.165) is 12.3 Å². The maximum absolute atomic E-state index is 11.7. The third-order valence-corrected chi connectivity index (χ3v) is 4.18. The highest BCUT2D eigenvalue weighted by Gasteiger charge is 2.19. The van der Waals surface area contributed by atoms with E-state index in [0.29, 0.717) is 18.9 Å². The number of nitrogens with one attached hydrogen (secondary N) is 2. The minimum Gasteiger partial charge on any atom is -0.481 e. The highest BCUT2D eigenvalue weighted by atomic mass is 16.4. The van der Waals surface area contributed by atoms with Crippen molar-refractivity contribution in [3.05, 3.63) is 0 Å². The lowest BCUT2D eigenvalue weighted by Gasteiger charge is -2.21. The molecule has 21 heavy (non-hydrogen) atoms. The van der Waals surface area contributed by atoms with Crippen LogP contribution in [0, 0.1) is 17.8 Å². The van der Waals surface area contributed by atoms with Gasteiger partial charge in [-0.3, -0.25) is 4.79 Å². The van der Waals surface area contributed by atoms with Gasteiger partial charge in [-0.15, -0.1) is 0 Å². The van der Waals surface area contributed by atoms with Crippen LogP contribution in [0.1, 0.15) is 58.8 Å². The average molecular weight is 298 g/mol. The van der Waals surface area contributed by atoms with Crippen molar-refractivity contribution in [2.75, 3.05) is 13.1 Å². The number of carboxylic acid groups (broad SMARTS) is 1. The molecule has 1 saturated carbocycles. The first kappa shape index (κ1) is 17.8. The Morgan fingerprint density at radius 2 is 1.81 bits per heavy atom. The Morgan fingerprint density at radius 1 is 1.14 bits per heavy atom. The number of carboxylic acids is 1. The summed E-state index contributed by atoms with van der Waals surface area (Å²) in [5.41, 5.74) is 0. The maximum Gasteiger partial charge on any atom is 0.314 e.